The van der Waals surface area contributed by atoms with Crippen molar-refractivity contribution >= 4 is 0 Å². The zero-order valence-electron chi connectivity index (χ0n) is 10.1. The van der Waals surface area contributed by atoms with Crippen LogP contribution in [0.4, 0.5) is 0 Å². The van der Waals surface area contributed by atoms with Gasteiger partial charge in [0.05, 0.1) is 6.61 Å². The molecule has 0 radical (unpaired) electrons. The molecule has 2 N–H and O–H groups in total. The molecule has 1 heterocycles. The summed E-state index contributed by atoms with van der Waals surface area (Å²) in [5.41, 5.74) is 5.99. The van der Waals surface area contributed by atoms with Gasteiger partial charge in [-0.25, -0.2) is 0 Å². The fourth-order valence-corrected chi connectivity index (χ4v) is 1.75. The molecular weight excluding hydrogens is 190 g/mol. The summed E-state index contributed by atoms with van der Waals surface area (Å²) < 4.78 is 11.0. The first-order chi connectivity index (χ1) is 7.24. The predicted molar refractivity (Wildman–Crippen MR) is 61.8 cm³/mol. The zero-order chi connectivity index (χ0) is 11.1. The van der Waals surface area contributed by atoms with Gasteiger partial charge in [-0.3, -0.25) is 0 Å². The molecule has 0 saturated carbocycles. The summed E-state index contributed by atoms with van der Waals surface area (Å²) in [5.74, 6) is 1.24. The summed E-state index contributed by atoms with van der Waals surface area (Å²) in [5, 5.41) is 0. The first-order valence-corrected chi connectivity index (χ1v) is 6.15. The number of ether oxygens (including phenoxy) is 2. The highest BCUT2D eigenvalue weighted by molar-refractivity contribution is 4.68. The lowest BCUT2D eigenvalue weighted by molar-refractivity contribution is 0.0144. The molecule has 0 spiro atoms. The highest BCUT2D eigenvalue weighted by Crippen LogP contribution is 2.15. The van der Waals surface area contributed by atoms with Crippen molar-refractivity contribution in [2.75, 3.05) is 26.4 Å². The van der Waals surface area contributed by atoms with E-state index in [-0.39, 0.29) is 6.04 Å². The van der Waals surface area contributed by atoms with Crippen molar-refractivity contribution < 1.29 is 9.47 Å². The molecule has 90 valence electrons. The Bertz CT molecular complexity index is 156. The Balaban J connectivity index is 2.04. The number of hydrogen-bond acceptors (Lipinski definition) is 3. The average molecular weight is 215 g/mol. The van der Waals surface area contributed by atoms with E-state index in [9.17, 15) is 0 Å². The van der Waals surface area contributed by atoms with Gasteiger partial charge >= 0.3 is 0 Å². The third-order valence-corrected chi connectivity index (χ3v) is 3.38. The van der Waals surface area contributed by atoms with E-state index < -0.39 is 0 Å². The fourth-order valence-electron chi connectivity index (χ4n) is 1.75. The molecule has 0 aromatic carbocycles. The van der Waals surface area contributed by atoms with E-state index in [2.05, 4.69) is 13.8 Å². The van der Waals surface area contributed by atoms with Gasteiger partial charge < -0.3 is 15.2 Å². The number of nitrogens with two attached hydrogens (primary N) is 1. The highest BCUT2D eigenvalue weighted by Gasteiger charge is 2.15. The topological polar surface area (TPSA) is 44.5 Å². The van der Waals surface area contributed by atoms with Gasteiger partial charge in [-0.15, -0.1) is 0 Å². The van der Waals surface area contributed by atoms with Crippen LogP contribution in [0.3, 0.4) is 0 Å². The van der Waals surface area contributed by atoms with E-state index in [1.807, 2.05) is 0 Å². The molecule has 1 rings (SSSR count). The smallest absolute Gasteiger partial charge is 0.0620 e. The molecule has 1 aliphatic heterocycles. The molecule has 2 atom stereocenters. The van der Waals surface area contributed by atoms with Gasteiger partial charge in [0.25, 0.3) is 0 Å². The Kier molecular flexibility index (Phi) is 6.22. The average Bonchev–Trinajstić information content (AvgIpc) is 2.29. The van der Waals surface area contributed by atoms with Crippen molar-refractivity contribution in [1.29, 1.82) is 0 Å². The summed E-state index contributed by atoms with van der Waals surface area (Å²) >= 11 is 0. The predicted octanol–water partition coefficient (Wildman–Crippen LogP) is 1.80. The molecule has 15 heavy (non-hydrogen) atoms. The molecule has 2 unspecified atom stereocenters. The zero-order valence-corrected chi connectivity index (χ0v) is 10.1. The fraction of sp³-hybridized carbons (Fsp3) is 1.00. The minimum Gasteiger partial charge on any atom is -0.381 e. The summed E-state index contributed by atoms with van der Waals surface area (Å²) in [7, 11) is 0. The third-order valence-electron chi connectivity index (χ3n) is 3.38. The van der Waals surface area contributed by atoms with Crippen LogP contribution in [0.25, 0.3) is 0 Å². The van der Waals surface area contributed by atoms with Crippen LogP contribution in [0.5, 0.6) is 0 Å². The van der Waals surface area contributed by atoms with Crippen LogP contribution in [0.2, 0.25) is 0 Å². The molecule has 3 heteroatoms. The van der Waals surface area contributed by atoms with Crippen LogP contribution in [0.15, 0.2) is 0 Å². The first kappa shape index (κ1) is 12.9. The second-order valence-corrected chi connectivity index (χ2v) is 4.64. The van der Waals surface area contributed by atoms with Gasteiger partial charge in [0.15, 0.2) is 0 Å². The summed E-state index contributed by atoms with van der Waals surface area (Å²) in [6.45, 7) is 7.70. The van der Waals surface area contributed by atoms with E-state index in [4.69, 9.17) is 15.2 Å². The largest absolute Gasteiger partial charge is 0.381 e. The standard InChI is InChI=1S/C12H25NO2/c1-3-10(2)12(13)9-15-8-11-4-6-14-7-5-11/h10-12H,3-9,13H2,1-2H3. The highest BCUT2D eigenvalue weighted by atomic mass is 16.5. The second-order valence-electron chi connectivity index (χ2n) is 4.64. The van der Waals surface area contributed by atoms with Gasteiger partial charge in [-0.1, -0.05) is 20.3 Å². The first-order valence-electron chi connectivity index (χ1n) is 6.15. The van der Waals surface area contributed by atoms with Crippen molar-refractivity contribution in [3.8, 4) is 0 Å². The molecule has 0 aliphatic carbocycles. The Morgan fingerprint density at radius 1 is 1.40 bits per heavy atom. The molecule has 0 aromatic heterocycles. The Hall–Kier alpha value is -0.120. The quantitative estimate of drug-likeness (QED) is 0.735. The minimum atomic E-state index is 0.190. The van der Waals surface area contributed by atoms with E-state index >= 15 is 0 Å². The maximum Gasteiger partial charge on any atom is 0.0620 e. The van der Waals surface area contributed by atoms with Crippen molar-refractivity contribution in [3.63, 3.8) is 0 Å². The molecule has 0 bridgehead atoms. The van der Waals surface area contributed by atoms with Crippen molar-refractivity contribution in [3.05, 3.63) is 0 Å². The van der Waals surface area contributed by atoms with Gasteiger partial charge in [-0.2, -0.15) is 0 Å². The maximum absolute atomic E-state index is 5.99. The summed E-state index contributed by atoms with van der Waals surface area (Å²) in [6, 6.07) is 0.190. The third kappa shape index (κ3) is 4.96. The van der Waals surface area contributed by atoms with Crippen molar-refractivity contribution in [2.45, 2.75) is 39.2 Å². The van der Waals surface area contributed by atoms with Gasteiger partial charge in [0.2, 0.25) is 0 Å². The van der Waals surface area contributed by atoms with Crippen molar-refractivity contribution in [1.82, 2.24) is 0 Å². The molecule has 1 fully saturated rings. The van der Waals surface area contributed by atoms with E-state index in [1.165, 1.54) is 0 Å². The molecule has 0 amide bonds. The summed E-state index contributed by atoms with van der Waals surface area (Å²) in [6.07, 6.45) is 3.40. The lowest BCUT2D eigenvalue weighted by atomic mass is 10.0. The summed E-state index contributed by atoms with van der Waals surface area (Å²) in [4.78, 5) is 0. The van der Waals surface area contributed by atoms with Gasteiger partial charge in [-0.05, 0) is 24.7 Å². The Labute approximate surface area is 93.3 Å². The normalized spacial score (nSPS) is 22.6. The number of hydrogen-bond donors (Lipinski definition) is 1. The molecular formula is C12H25NO2. The Morgan fingerprint density at radius 2 is 2.07 bits per heavy atom. The lowest BCUT2D eigenvalue weighted by Crippen LogP contribution is -2.34. The van der Waals surface area contributed by atoms with Crippen LogP contribution in [0, 0.1) is 11.8 Å². The van der Waals surface area contributed by atoms with E-state index in [0.717, 1.165) is 39.1 Å². The van der Waals surface area contributed by atoms with E-state index in [1.54, 1.807) is 0 Å². The second kappa shape index (κ2) is 7.20. The van der Waals surface area contributed by atoms with Gasteiger partial charge in [0.1, 0.15) is 0 Å². The maximum atomic E-state index is 5.99. The minimum absolute atomic E-state index is 0.190. The molecule has 3 nitrogen and oxygen atoms in total. The van der Waals surface area contributed by atoms with Crippen LogP contribution < -0.4 is 5.73 Å². The van der Waals surface area contributed by atoms with Crippen LogP contribution in [-0.4, -0.2) is 32.5 Å². The molecule has 1 saturated heterocycles. The lowest BCUT2D eigenvalue weighted by Gasteiger charge is -2.24. The van der Waals surface area contributed by atoms with Crippen molar-refractivity contribution in [2.24, 2.45) is 17.6 Å². The van der Waals surface area contributed by atoms with Crippen LogP contribution in [0.1, 0.15) is 33.1 Å². The Morgan fingerprint density at radius 3 is 2.67 bits per heavy atom. The number of rotatable bonds is 6. The monoisotopic (exact) mass is 215 g/mol. The SMILES string of the molecule is CCC(C)C(N)COCC1CCOCC1. The van der Waals surface area contributed by atoms with E-state index in [0.29, 0.717) is 18.4 Å². The molecule has 0 aromatic rings. The molecule has 1 aliphatic rings. The van der Waals surface area contributed by atoms with Crippen LogP contribution >= 0.6 is 0 Å². The van der Waals surface area contributed by atoms with Gasteiger partial charge in [0, 0.05) is 25.9 Å². The van der Waals surface area contributed by atoms with Crippen LogP contribution in [-0.2, 0) is 9.47 Å².